The topological polar surface area (TPSA) is 81.1 Å². The highest BCUT2D eigenvalue weighted by Gasteiger charge is 1.97. The summed E-state index contributed by atoms with van der Waals surface area (Å²) in [6, 6.07) is 1.50. The van der Waals surface area contributed by atoms with E-state index in [0.717, 1.165) is 0 Å². The van der Waals surface area contributed by atoms with Crippen LogP contribution in [0.3, 0.4) is 0 Å². The third kappa shape index (κ3) is 1.73. The van der Waals surface area contributed by atoms with Crippen LogP contribution in [0, 0.1) is 10.1 Å². The number of rotatable bonds is 3. The summed E-state index contributed by atoms with van der Waals surface area (Å²) in [6.07, 6.45) is 1.45. The van der Waals surface area contributed by atoms with E-state index in [-0.39, 0.29) is 0 Å². The Balaban J connectivity index is 2.35. The molecule has 1 aromatic rings. The fourth-order valence-corrected chi connectivity index (χ4v) is 0.446. The lowest BCUT2D eigenvalue weighted by Crippen LogP contribution is -2.08. The van der Waals surface area contributed by atoms with E-state index in [1.807, 2.05) is 0 Å². The second-order valence-corrected chi connectivity index (χ2v) is 1.53. The molecule has 0 aliphatic rings. The van der Waals surface area contributed by atoms with Crippen molar-refractivity contribution in [3.63, 3.8) is 0 Å². The molecule has 0 saturated carbocycles. The van der Waals surface area contributed by atoms with Crippen LogP contribution in [0.4, 0.5) is 0 Å². The molecule has 10 heavy (non-hydrogen) atoms. The van der Waals surface area contributed by atoms with Crippen molar-refractivity contribution in [2.24, 2.45) is 0 Å². The third-order valence-corrected chi connectivity index (χ3v) is 0.801. The van der Waals surface area contributed by atoms with Gasteiger partial charge in [0.1, 0.15) is 0 Å². The number of nitrogens with zero attached hydrogens (tertiary/aromatic N) is 2. The SMILES string of the molecule is O=[N+]([O-])COc1ccn[nH]1. The summed E-state index contributed by atoms with van der Waals surface area (Å²) in [7, 11) is 0. The first-order valence-electron chi connectivity index (χ1n) is 2.53. The van der Waals surface area contributed by atoms with Gasteiger partial charge in [-0.3, -0.25) is 10.1 Å². The average Bonchev–Trinajstić information content (AvgIpc) is 2.34. The molecule has 6 heteroatoms. The highest BCUT2D eigenvalue weighted by molar-refractivity contribution is 5.03. The fourth-order valence-electron chi connectivity index (χ4n) is 0.446. The maximum absolute atomic E-state index is 9.74. The van der Waals surface area contributed by atoms with Crippen molar-refractivity contribution >= 4 is 0 Å². The molecule has 0 aliphatic carbocycles. The predicted octanol–water partition coefficient (Wildman–Crippen LogP) is 0.0227. The van der Waals surface area contributed by atoms with Crippen molar-refractivity contribution < 1.29 is 9.66 Å². The zero-order valence-corrected chi connectivity index (χ0v) is 4.98. The van der Waals surface area contributed by atoms with E-state index in [0.29, 0.717) is 5.88 Å². The Kier molecular flexibility index (Phi) is 1.83. The van der Waals surface area contributed by atoms with Gasteiger partial charge < -0.3 is 4.74 Å². The van der Waals surface area contributed by atoms with Gasteiger partial charge in [-0.1, -0.05) is 0 Å². The quantitative estimate of drug-likeness (QED) is 0.367. The van der Waals surface area contributed by atoms with Gasteiger partial charge in [0, 0.05) is 6.07 Å². The number of H-pyrrole nitrogens is 1. The second-order valence-electron chi connectivity index (χ2n) is 1.53. The summed E-state index contributed by atoms with van der Waals surface area (Å²) in [5, 5.41) is 15.7. The van der Waals surface area contributed by atoms with Crippen LogP contribution < -0.4 is 4.74 Å². The van der Waals surface area contributed by atoms with Crippen molar-refractivity contribution in [2.75, 3.05) is 6.73 Å². The number of nitro groups is 1. The minimum Gasteiger partial charge on any atom is -0.415 e. The van der Waals surface area contributed by atoms with Crippen molar-refractivity contribution in [2.45, 2.75) is 0 Å². The van der Waals surface area contributed by atoms with Crippen LogP contribution in [0.1, 0.15) is 0 Å². The molecule has 0 spiro atoms. The van der Waals surface area contributed by atoms with E-state index in [1.165, 1.54) is 12.3 Å². The van der Waals surface area contributed by atoms with Crippen LogP contribution in [0.25, 0.3) is 0 Å². The number of hydrogen-bond donors (Lipinski definition) is 1. The van der Waals surface area contributed by atoms with Gasteiger partial charge in [-0.25, -0.2) is 5.10 Å². The molecule has 0 fully saturated rings. The Morgan fingerprint density at radius 2 is 2.70 bits per heavy atom. The number of aromatic nitrogens is 2. The first kappa shape index (κ1) is 6.53. The van der Waals surface area contributed by atoms with Crippen LogP contribution in [0.2, 0.25) is 0 Å². The predicted molar refractivity (Wildman–Crippen MR) is 31.1 cm³/mol. The summed E-state index contributed by atoms with van der Waals surface area (Å²) in [5.74, 6) is 0.303. The first-order chi connectivity index (χ1) is 4.79. The molecule has 0 aromatic carbocycles. The largest absolute Gasteiger partial charge is 0.415 e. The van der Waals surface area contributed by atoms with E-state index in [2.05, 4.69) is 14.9 Å². The third-order valence-electron chi connectivity index (χ3n) is 0.801. The minimum absolute atomic E-state index is 0.303. The normalized spacial score (nSPS) is 9.20. The lowest BCUT2D eigenvalue weighted by Gasteiger charge is -1.93. The lowest BCUT2D eigenvalue weighted by molar-refractivity contribution is -0.514. The monoisotopic (exact) mass is 143 g/mol. The zero-order chi connectivity index (χ0) is 7.40. The highest BCUT2D eigenvalue weighted by Crippen LogP contribution is 2.00. The molecule has 0 bridgehead atoms. The molecule has 0 unspecified atom stereocenters. The Hall–Kier alpha value is -1.59. The molecule has 1 aromatic heterocycles. The molecule has 0 saturated heterocycles. The molecular formula is C4H5N3O3. The number of aromatic amines is 1. The molecule has 0 radical (unpaired) electrons. The van der Waals surface area contributed by atoms with Crippen LogP contribution in [-0.4, -0.2) is 21.9 Å². The summed E-state index contributed by atoms with van der Waals surface area (Å²) in [6.45, 7) is -0.539. The maximum atomic E-state index is 9.74. The fraction of sp³-hybridized carbons (Fsp3) is 0.250. The van der Waals surface area contributed by atoms with Crippen molar-refractivity contribution in [3.05, 3.63) is 22.4 Å². The number of hydrogen-bond acceptors (Lipinski definition) is 4. The van der Waals surface area contributed by atoms with Crippen molar-refractivity contribution in [1.29, 1.82) is 0 Å². The summed E-state index contributed by atoms with van der Waals surface area (Å²) in [4.78, 5) is 9.17. The minimum atomic E-state index is -0.569. The molecule has 1 N–H and O–H groups in total. The van der Waals surface area contributed by atoms with Crippen molar-refractivity contribution in [1.82, 2.24) is 10.2 Å². The number of ether oxygens (including phenoxy) is 1. The summed E-state index contributed by atoms with van der Waals surface area (Å²) >= 11 is 0. The molecular weight excluding hydrogens is 138 g/mol. The maximum Gasteiger partial charge on any atom is 0.345 e. The smallest absolute Gasteiger partial charge is 0.345 e. The van der Waals surface area contributed by atoms with Gasteiger partial charge in [0.25, 0.3) is 0 Å². The number of nitrogens with one attached hydrogen (secondary N) is 1. The van der Waals surface area contributed by atoms with E-state index in [9.17, 15) is 10.1 Å². The molecule has 0 amide bonds. The molecule has 1 heterocycles. The van der Waals surface area contributed by atoms with E-state index >= 15 is 0 Å². The van der Waals surface area contributed by atoms with Crippen LogP contribution in [0.5, 0.6) is 5.88 Å². The van der Waals surface area contributed by atoms with Gasteiger partial charge in [-0.2, -0.15) is 5.10 Å². The van der Waals surface area contributed by atoms with Gasteiger partial charge >= 0.3 is 6.73 Å². The molecule has 54 valence electrons. The Morgan fingerprint density at radius 1 is 1.90 bits per heavy atom. The van der Waals surface area contributed by atoms with E-state index in [4.69, 9.17) is 0 Å². The van der Waals surface area contributed by atoms with Gasteiger partial charge in [0.2, 0.25) is 5.88 Å². The van der Waals surface area contributed by atoms with E-state index < -0.39 is 11.7 Å². The zero-order valence-electron chi connectivity index (χ0n) is 4.98. The Bertz CT molecular complexity index is 208. The molecule has 0 atom stereocenters. The Labute approximate surface area is 56.0 Å². The standard InChI is InChI=1S/C4H5N3O3/c8-7(9)3-10-4-1-2-5-6-4/h1-2H,3H2,(H,5,6). The van der Waals surface area contributed by atoms with Gasteiger partial charge in [-0.15, -0.1) is 0 Å². The molecule has 6 nitrogen and oxygen atoms in total. The highest BCUT2D eigenvalue weighted by atomic mass is 16.7. The summed E-state index contributed by atoms with van der Waals surface area (Å²) in [5.41, 5.74) is 0. The first-order valence-corrected chi connectivity index (χ1v) is 2.53. The molecule has 0 aliphatic heterocycles. The van der Waals surface area contributed by atoms with E-state index in [1.54, 1.807) is 0 Å². The Morgan fingerprint density at radius 3 is 3.20 bits per heavy atom. The van der Waals surface area contributed by atoms with Crippen LogP contribution in [-0.2, 0) is 0 Å². The van der Waals surface area contributed by atoms with Crippen LogP contribution >= 0.6 is 0 Å². The van der Waals surface area contributed by atoms with Gasteiger partial charge in [0.05, 0.1) is 11.1 Å². The van der Waals surface area contributed by atoms with Gasteiger partial charge in [-0.05, 0) is 0 Å². The summed E-state index contributed by atoms with van der Waals surface area (Å²) < 4.78 is 4.59. The second kappa shape index (κ2) is 2.81. The van der Waals surface area contributed by atoms with Crippen molar-refractivity contribution in [3.8, 4) is 5.88 Å². The lowest BCUT2D eigenvalue weighted by atomic mass is 10.7. The molecule has 1 rings (SSSR count). The van der Waals surface area contributed by atoms with Gasteiger partial charge in [0.15, 0.2) is 0 Å². The van der Waals surface area contributed by atoms with Crippen LogP contribution in [0.15, 0.2) is 12.3 Å². The average molecular weight is 143 g/mol.